The van der Waals surface area contributed by atoms with Gasteiger partial charge in [-0.15, -0.1) is 0 Å². The number of ether oxygens (including phenoxy) is 2. The SMILES string of the molecule is C[C@H]1CN(C(=O)c2cc(N3CCCC3=O)cc(C(F)(F)F)c2)C[C@@]2(CCCOC2)O1. The lowest BCUT2D eigenvalue weighted by atomic mass is 9.93. The molecule has 30 heavy (non-hydrogen) atoms. The summed E-state index contributed by atoms with van der Waals surface area (Å²) in [6, 6.07) is 3.21. The maximum atomic E-state index is 13.5. The van der Waals surface area contributed by atoms with Crippen molar-refractivity contribution in [3.8, 4) is 0 Å². The van der Waals surface area contributed by atoms with Gasteiger partial charge < -0.3 is 19.3 Å². The van der Waals surface area contributed by atoms with Crippen LogP contribution >= 0.6 is 0 Å². The highest BCUT2D eigenvalue weighted by Crippen LogP contribution is 2.36. The molecule has 4 rings (SSSR count). The summed E-state index contributed by atoms with van der Waals surface area (Å²) in [5, 5.41) is 0. The average molecular weight is 426 g/mol. The Balaban J connectivity index is 1.66. The van der Waals surface area contributed by atoms with Gasteiger partial charge in [-0.3, -0.25) is 9.59 Å². The summed E-state index contributed by atoms with van der Waals surface area (Å²) >= 11 is 0. The minimum Gasteiger partial charge on any atom is -0.378 e. The van der Waals surface area contributed by atoms with E-state index in [9.17, 15) is 22.8 Å². The molecule has 1 aromatic carbocycles. The minimum atomic E-state index is -4.62. The van der Waals surface area contributed by atoms with Gasteiger partial charge >= 0.3 is 6.18 Å². The Hall–Kier alpha value is -2.13. The summed E-state index contributed by atoms with van der Waals surface area (Å²) < 4.78 is 52.2. The van der Waals surface area contributed by atoms with Gasteiger partial charge in [-0.2, -0.15) is 13.2 Å². The zero-order valence-corrected chi connectivity index (χ0v) is 16.8. The number of hydrogen-bond acceptors (Lipinski definition) is 4. The molecule has 0 radical (unpaired) electrons. The second-order valence-corrected chi connectivity index (χ2v) is 8.37. The van der Waals surface area contributed by atoms with Crippen molar-refractivity contribution in [1.82, 2.24) is 4.90 Å². The van der Waals surface area contributed by atoms with Crippen LogP contribution in [-0.4, -0.2) is 61.3 Å². The van der Waals surface area contributed by atoms with Gasteiger partial charge in [0, 0.05) is 37.4 Å². The van der Waals surface area contributed by atoms with E-state index in [0.717, 1.165) is 25.0 Å². The quantitative estimate of drug-likeness (QED) is 0.729. The lowest BCUT2D eigenvalue weighted by Crippen LogP contribution is -2.59. The highest BCUT2D eigenvalue weighted by Gasteiger charge is 2.43. The van der Waals surface area contributed by atoms with Crippen molar-refractivity contribution in [3.05, 3.63) is 29.3 Å². The van der Waals surface area contributed by atoms with Crippen LogP contribution < -0.4 is 4.90 Å². The lowest BCUT2D eigenvalue weighted by molar-refractivity contribution is -0.188. The minimum absolute atomic E-state index is 0.0690. The van der Waals surface area contributed by atoms with Crippen LogP contribution in [0.5, 0.6) is 0 Å². The summed E-state index contributed by atoms with van der Waals surface area (Å²) in [7, 11) is 0. The predicted molar refractivity (Wildman–Crippen MR) is 102 cm³/mol. The highest BCUT2D eigenvalue weighted by atomic mass is 19.4. The predicted octanol–water partition coefficient (Wildman–Crippen LogP) is 3.24. The lowest BCUT2D eigenvalue weighted by Gasteiger charge is -2.47. The molecule has 0 saturated carbocycles. The second kappa shape index (κ2) is 7.85. The summed E-state index contributed by atoms with van der Waals surface area (Å²) in [4.78, 5) is 28.2. The number of rotatable bonds is 2. The number of benzene rings is 1. The van der Waals surface area contributed by atoms with Gasteiger partial charge in [-0.1, -0.05) is 0 Å². The van der Waals surface area contributed by atoms with Gasteiger partial charge in [-0.05, 0) is 44.4 Å². The molecule has 3 saturated heterocycles. The molecule has 0 aliphatic carbocycles. The fourth-order valence-corrected chi connectivity index (χ4v) is 4.58. The van der Waals surface area contributed by atoms with Crippen molar-refractivity contribution in [1.29, 1.82) is 0 Å². The van der Waals surface area contributed by atoms with Crippen LogP contribution in [0.1, 0.15) is 48.5 Å². The van der Waals surface area contributed by atoms with Crippen LogP contribution in [-0.2, 0) is 20.4 Å². The maximum absolute atomic E-state index is 13.5. The van der Waals surface area contributed by atoms with Crippen molar-refractivity contribution >= 4 is 17.5 Å². The molecule has 0 N–H and O–H groups in total. The van der Waals surface area contributed by atoms with Crippen molar-refractivity contribution < 1.29 is 32.2 Å². The molecule has 6 nitrogen and oxygen atoms in total. The number of carbonyl (C=O) groups excluding carboxylic acids is 2. The van der Waals surface area contributed by atoms with E-state index in [0.29, 0.717) is 32.6 Å². The monoisotopic (exact) mass is 426 g/mol. The Morgan fingerprint density at radius 3 is 2.67 bits per heavy atom. The maximum Gasteiger partial charge on any atom is 0.416 e. The Morgan fingerprint density at radius 1 is 1.23 bits per heavy atom. The third kappa shape index (κ3) is 4.18. The molecule has 3 heterocycles. The van der Waals surface area contributed by atoms with Gasteiger partial charge in [0.1, 0.15) is 5.60 Å². The van der Waals surface area contributed by atoms with Crippen LogP contribution in [0.2, 0.25) is 0 Å². The largest absolute Gasteiger partial charge is 0.416 e. The zero-order chi connectivity index (χ0) is 21.5. The number of amides is 2. The topological polar surface area (TPSA) is 59.1 Å². The highest BCUT2D eigenvalue weighted by molar-refractivity contribution is 5.99. The Kier molecular flexibility index (Phi) is 5.52. The number of nitrogens with zero attached hydrogens (tertiary/aromatic N) is 2. The molecule has 9 heteroatoms. The van der Waals surface area contributed by atoms with Gasteiger partial charge in [0.15, 0.2) is 0 Å². The van der Waals surface area contributed by atoms with E-state index in [1.165, 1.54) is 11.0 Å². The number of halogens is 3. The van der Waals surface area contributed by atoms with E-state index >= 15 is 0 Å². The van der Waals surface area contributed by atoms with Crippen LogP contribution in [0.25, 0.3) is 0 Å². The molecular formula is C21H25F3N2O4. The van der Waals surface area contributed by atoms with Crippen LogP contribution in [0.4, 0.5) is 18.9 Å². The summed E-state index contributed by atoms with van der Waals surface area (Å²) in [5.74, 6) is -0.722. The van der Waals surface area contributed by atoms with Crippen molar-refractivity contribution in [2.45, 2.75) is 50.5 Å². The first-order valence-corrected chi connectivity index (χ1v) is 10.2. The first-order valence-electron chi connectivity index (χ1n) is 10.2. The number of alkyl halides is 3. The third-order valence-electron chi connectivity index (χ3n) is 5.86. The van der Waals surface area contributed by atoms with Crippen LogP contribution in [0.15, 0.2) is 18.2 Å². The van der Waals surface area contributed by atoms with Crippen LogP contribution in [0, 0.1) is 0 Å². The molecule has 164 valence electrons. The van der Waals surface area contributed by atoms with E-state index in [1.807, 2.05) is 6.92 Å². The molecule has 2 amide bonds. The van der Waals surface area contributed by atoms with E-state index < -0.39 is 23.2 Å². The first kappa shape index (κ1) is 21.1. The summed E-state index contributed by atoms with van der Waals surface area (Å²) in [6.45, 7) is 3.74. The number of hydrogen-bond donors (Lipinski definition) is 0. The van der Waals surface area contributed by atoms with Crippen LogP contribution in [0.3, 0.4) is 0 Å². The molecule has 3 fully saturated rings. The normalized spacial score (nSPS) is 27.7. The first-order chi connectivity index (χ1) is 14.2. The van der Waals surface area contributed by atoms with E-state index in [2.05, 4.69) is 0 Å². The molecule has 2 atom stereocenters. The molecule has 3 aliphatic rings. The molecule has 3 aliphatic heterocycles. The summed E-state index contributed by atoms with van der Waals surface area (Å²) in [5.41, 5.74) is -1.51. The molecule has 1 spiro atoms. The molecular weight excluding hydrogens is 401 g/mol. The number of morpholine rings is 1. The fraction of sp³-hybridized carbons (Fsp3) is 0.619. The van der Waals surface area contributed by atoms with Gasteiger partial charge in [0.05, 0.1) is 24.8 Å². The molecule has 0 unspecified atom stereocenters. The smallest absolute Gasteiger partial charge is 0.378 e. The third-order valence-corrected chi connectivity index (χ3v) is 5.86. The standard InChI is InChI=1S/C21H25F3N2O4/c1-14-11-25(12-20(30-14)5-3-7-29-13-20)19(28)15-8-16(21(22,23)24)10-17(9-15)26-6-2-4-18(26)27/h8-10,14H,2-7,11-13H2,1H3/t14-,20+/m0/s1. The van der Waals surface area contributed by atoms with E-state index in [4.69, 9.17) is 9.47 Å². The van der Waals surface area contributed by atoms with Gasteiger partial charge in [0.25, 0.3) is 5.91 Å². The van der Waals surface area contributed by atoms with E-state index in [-0.39, 0.29) is 36.4 Å². The Bertz CT molecular complexity index is 836. The molecule has 1 aromatic rings. The second-order valence-electron chi connectivity index (χ2n) is 8.37. The van der Waals surface area contributed by atoms with E-state index in [1.54, 1.807) is 4.90 Å². The fourth-order valence-electron chi connectivity index (χ4n) is 4.58. The summed E-state index contributed by atoms with van der Waals surface area (Å²) in [6.07, 6.45) is -2.46. The Morgan fingerprint density at radius 2 is 2.03 bits per heavy atom. The van der Waals surface area contributed by atoms with Crippen molar-refractivity contribution in [2.24, 2.45) is 0 Å². The van der Waals surface area contributed by atoms with Crippen molar-refractivity contribution in [2.75, 3.05) is 37.7 Å². The average Bonchev–Trinajstić information content (AvgIpc) is 3.12. The van der Waals surface area contributed by atoms with Gasteiger partial charge in [0.2, 0.25) is 5.91 Å². The molecule has 0 bridgehead atoms. The van der Waals surface area contributed by atoms with Gasteiger partial charge in [-0.25, -0.2) is 0 Å². The molecule has 0 aromatic heterocycles. The zero-order valence-electron chi connectivity index (χ0n) is 16.8. The Labute approximate surface area is 172 Å². The number of anilines is 1. The number of carbonyl (C=O) groups is 2. The van der Waals surface area contributed by atoms with Crippen molar-refractivity contribution in [3.63, 3.8) is 0 Å².